The average Bonchev–Trinajstić information content (AvgIpc) is 3.01. The van der Waals surface area contributed by atoms with Crippen LogP contribution >= 0.6 is 11.3 Å². The Labute approximate surface area is 125 Å². The third-order valence-electron chi connectivity index (χ3n) is 3.04. The van der Waals surface area contributed by atoms with Crippen LogP contribution in [0, 0.1) is 6.92 Å². The zero-order valence-electron chi connectivity index (χ0n) is 11.7. The summed E-state index contributed by atoms with van der Waals surface area (Å²) in [5.41, 5.74) is 2.95. The first kappa shape index (κ1) is 13.5. The molecule has 0 radical (unpaired) electrons. The van der Waals surface area contributed by atoms with Crippen LogP contribution in [0.2, 0.25) is 0 Å². The number of thiazole rings is 1. The molecular formula is C15H14N4OS. The first-order chi connectivity index (χ1) is 10.1. The number of aryl methyl sites for hydroxylation is 2. The molecule has 1 amide bonds. The van der Waals surface area contributed by atoms with E-state index in [1.807, 2.05) is 32.2 Å². The molecule has 1 N–H and O–H groups in total. The van der Waals surface area contributed by atoms with Crippen molar-refractivity contribution in [3.05, 3.63) is 47.8 Å². The number of carbonyl (C=O) groups excluding carboxylic acids is 1. The van der Waals surface area contributed by atoms with Gasteiger partial charge in [0.05, 0.1) is 15.9 Å². The maximum absolute atomic E-state index is 11.9. The van der Waals surface area contributed by atoms with Gasteiger partial charge in [0.2, 0.25) is 5.91 Å². The summed E-state index contributed by atoms with van der Waals surface area (Å²) in [7, 11) is 1.83. The highest BCUT2D eigenvalue weighted by Gasteiger charge is 2.06. The zero-order valence-corrected chi connectivity index (χ0v) is 12.5. The summed E-state index contributed by atoms with van der Waals surface area (Å²) >= 11 is 1.47. The monoisotopic (exact) mass is 298 g/mol. The molecule has 5 nitrogen and oxygen atoms in total. The highest BCUT2D eigenvalue weighted by atomic mass is 32.1. The van der Waals surface area contributed by atoms with Gasteiger partial charge >= 0.3 is 0 Å². The zero-order chi connectivity index (χ0) is 14.8. The van der Waals surface area contributed by atoms with Gasteiger partial charge in [0.1, 0.15) is 0 Å². The molecule has 0 fully saturated rings. The fourth-order valence-corrected chi connectivity index (χ4v) is 2.91. The highest BCUT2D eigenvalue weighted by Crippen LogP contribution is 2.26. The van der Waals surface area contributed by atoms with Crippen molar-refractivity contribution < 1.29 is 4.79 Å². The van der Waals surface area contributed by atoms with Crippen molar-refractivity contribution in [2.24, 2.45) is 7.05 Å². The van der Waals surface area contributed by atoms with Crippen molar-refractivity contribution in [3.63, 3.8) is 0 Å². The molecule has 0 aliphatic rings. The lowest BCUT2D eigenvalue weighted by molar-refractivity contribution is -0.111. The van der Waals surface area contributed by atoms with E-state index in [9.17, 15) is 4.79 Å². The van der Waals surface area contributed by atoms with E-state index in [4.69, 9.17) is 0 Å². The highest BCUT2D eigenvalue weighted by molar-refractivity contribution is 7.22. The molecule has 0 aliphatic heterocycles. The van der Waals surface area contributed by atoms with Crippen molar-refractivity contribution in [3.8, 4) is 0 Å². The summed E-state index contributed by atoms with van der Waals surface area (Å²) in [4.78, 5) is 16.3. The molecule has 0 atom stereocenters. The van der Waals surface area contributed by atoms with Gasteiger partial charge < -0.3 is 0 Å². The molecule has 21 heavy (non-hydrogen) atoms. The molecule has 0 unspecified atom stereocenters. The van der Waals surface area contributed by atoms with E-state index in [1.54, 1.807) is 17.0 Å². The molecular weight excluding hydrogens is 284 g/mol. The summed E-state index contributed by atoms with van der Waals surface area (Å²) in [6.45, 7) is 2.04. The molecule has 0 saturated carbocycles. The Hall–Kier alpha value is -2.47. The van der Waals surface area contributed by atoms with E-state index in [2.05, 4.69) is 21.5 Å². The number of amides is 1. The second kappa shape index (κ2) is 5.49. The lowest BCUT2D eigenvalue weighted by atomic mass is 10.2. The molecule has 0 bridgehead atoms. The normalized spacial score (nSPS) is 11.3. The molecule has 0 spiro atoms. The van der Waals surface area contributed by atoms with E-state index >= 15 is 0 Å². The maximum Gasteiger partial charge on any atom is 0.250 e. The molecule has 3 aromatic rings. The molecule has 0 aliphatic carbocycles. The number of nitrogens with zero attached hydrogens (tertiary/aromatic N) is 3. The smallest absolute Gasteiger partial charge is 0.250 e. The fraction of sp³-hybridized carbons (Fsp3) is 0.133. The number of benzene rings is 1. The number of aromatic nitrogens is 3. The number of carbonyl (C=O) groups is 1. The van der Waals surface area contributed by atoms with Crippen LogP contribution in [0.1, 0.15) is 11.3 Å². The minimum absolute atomic E-state index is 0.202. The Kier molecular flexibility index (Phi) is 3.53. The third-order valence-corrected chi connectivity index (χ3v) is 3.97. The van der Waals surface area contributed by atoms with Crippen LogP contribution in [0.25, 0.3) is 16.3 Å². The molecule has 2 aromatic heterocycles. The van der Waals surface area contributed by atoms with Crippen LogP contribution < -0.4 is 5.32 Å². The first-order valence-corrected chi connectivity index (χ1v) is 7.28. The van der Waals surface area contributed by atoms with Gasteiger partial charge in [0, 0.05) is 19.3 Å². The second-order valence-electron chi connectivity index (χ2n) is 4.69. The van der Waals surface area contributed by atoms with Gasteiger partial charge in [-0.2, -0.15) is 5.10 Å². The molecule has 2 heterocycles. The van der Waals surface area contributed by atoms with Crippen molar-refractivity contribution in [1.29, 1.82) is 0 Å². The Morgan fingerprint density at radius 1 is 1.38 bits per heavy atom. The van der Waals surface area contributed by atoms with Crippen molar-refractivity contribution in [2.45, 2.75) is 6.92 Å². The second-order valence-corrected chi connectivity index (χ2v) is 5.72. The molecule has 1 aromatic carbocycles. The number of hydrogen-bond acceptors (Lipinski definition) is 4. The van der Waals surface area contributed by atoms with Crippen LogP contribution in [0.5, 0.6) is 0 Å². The predicted molar refractivity (Wildman–Crippen MR) is 85.2 cm³/mol. The summed E-state index contributed by atoms with van der Waals surface area (Å²) < 4.78 is 2.77. The standard InChI is InChI=1S/C15H14N4OS/c1-10-3-5-12-13(9-10)21-15(17-12)18-14(20)6-4-11-7-8-16-19(11)2/h3-9H,1-2H3,(H,17,18,20)/b6-4+. The van der Waals surface area contributed by atoms with Gasteiger partial charge in [0.15, 0.2) is 5.13 Å². The molecule has 6 heteroatoms. The number of anilines is 1. The lowest BCUT2D eigenvalue weighted by Gasteiger charge is -1.96. The molecule has 3 rings (SSSR count). The summed E-state index contributed by atoms with van der Waals surface area (Å²) in [6.07, 6.45) is 4.89. The SMILES string of the molecule is Cc1ccc2nc(NC(=O)/C=C/c3ccnn3C)sc2c1. The Bertz CT molecular complexity index is 831. The van der Waals surface area contributed by atoms with Crippen molar-refractivity contribution in [2.75, 3.05) is 5.32 Å². The average molecular weight is 298 g/mol. The van der Waals surface area contributed by atoms with Crippen LogP contribution in [0.4, 0.5) is 5.13 Å². The van der Waals surface area contributed by atoms with Gasteiger partial charge in [-0.15, -0.1) is 0 Å². The molecule has 106 valence electrons. The van der Waals surface area contributed by atoms with Gasteiger partial charge in [0.25, 0.3) is 0 Å². The third kappa shape index (κ3) is 3.00. The van der Waals surface area contributed by atoms with E-state index < -0.39 is 0 Å². The number of nitrogens with one attached hydrogen (secondary N) is 1. The van der Waals surface area contributed by atoms with E-state index in [-0.39, 0.29) is 5.91 Å². The molecule has 0 saturated heterocycles. The minimum Gasteiger partial charge on any atom is -0.298 e. The van der Waals surface area contributed by atoms with E-state index in [0.29, 0.717) is 5.13 Å². The van der Waals surface area contributed by atoms with Gasteiger partial charge in [-0.25, -0.2) is 4.98 Å². The Morgan fingerprint density at radius 2 is 2.24 bits per heavy atom. The summed E-state index contributed by atoms with van der Waals surface area (Å²) in [5, 5.41) is 7.43. The van der Waals surface area contributed by atoms with Crippen LogP contribution in [0.3, 0.4) is 0 Å². The topological polar surface area (TPSA) is 59.8 Å². The summed E-state index contributed by atoms with van der Waals surface area (Å²) in [6, 6.07) is 7.87. The maximum atomic E-state index is 11.9. The Balaban J connectivity index is 1.74. The van der Waals surface area contributed by atoms with Crippen LogP contribution in [-0.4, -0.2) is 20.7 Å². The van der Waals surface area contributed by atoms with Gasteiger partial charge in [-0.05, 0) is 36.8 Å². The minimum atomic E-state index is -0.202. The first-order valence-electron chi connectivity index (χ1n) is 6.46. The van der Waals surface area contributed by atoms with E-state index in [0.717, 1.165) is 15.9 Å². The Morgan fingerprint density at radius 3 is 3.00 bits per heavy atom. The van der Waals surface area contributed by atoms with Crippen molar-refractivity contribution >= 4 is 38.7 Å². The largest absolute Gasteiger partial charge is 0.298 e. The number of rotatable bonds is 3. The lowest BCUT2D eigenvalue weighted by Crippen LogP contribution is -2.07. The van der Waals surface area contributed by atoms with Gasteiger partial charge in [-0.3, -0.25) is 14.8 Å². The quantitative estimate of drug-likeness (QED) is 0.756. The van der Waals surface area contributed by atoms with Gasteiger partial charge in [-0.1, -0.05) is 17.4 Å². The number of fused-ring (bicyclic) bond motifs is 1. The fourth-order valence-electron chi connectivity index (χ4n) is 1.94. The van der Waals surface area contributed by atoms with E-state index in [1.165, 1.54) is 23.0 Å². The van der Waals surface area contributed by atoms with Crippen LogP contribution in [-0.2, 0) is 11.8 Å². The van der Waals surface area contributed by atoms with Crippen molar-refractivity contribution in [1.82, 2.24) is 14.8 Å². The summed E-state index contributed by atoms with van der Waals surface area (Å²) in [5.74, 6) is -0.202. The predicted octanol–water partition coefficient (Wildman–Crippen LogP) is 2.99. The number of hydrogen-bond donors (Lipinski definition) is 1. The van der Waals surface area contributed by atoms with Crippen LogP contribution in [0.15, 0.2) is 36.5 Å².